The summed E-state index contributed by atoms with van der Waals surface area (Å²) in [4.78, 5) is 37.8. The van der Waals surface area contributed by atoms with E-state index in [1.807, 2.05) is 13.8 Å². The summed E-state index contributed by atoms with van der Waals surface area (Å²) >= 11 is 0. The summed E-state index contributed by atoms with van der Waals surface area (Å²) in [6.07, 6.45) is 1.43. The van der Waals surface area contributed by atoms with Gasteiger partial charge in [-0.15, -0.1) is 0 Å². The van der Waals surface area contributed by atoms with E-state index in [0.717, 1.165) is 5.56 Å². The van der Waals surface area contributed by atoms with Crippen molar-refractivity contribution in [3.8, 4) is 0 Å². The van der Waals surface area contributed by atoms with Gasteiger partial charge in [0.1, 0.15) is 0 Å². The largest absolute Gasteiger partial charge is 0.466 e. The monoisotopic (exact) mass is 376 g/mol. The molecule has 0 spiro atoms. The summed E-state index contributed by atoms with van der Waals surface area (Å²) in [6, 6.07) is 6.68. The molecule has 1 aromatic rings. The SMILES string of the molecule is CCOC(=O)C1CCN(C(C)C(=O)NCc2ccc(C(=O)OC)cc2)CC1. The molecule has 1 aliphatic rings. The molecule has 148 valence electrons. The molecule has 7 nitrogen and oxygen atoms in total. The van der Waals surface area contributed by atoms with E-state index < -0.39 is 0 Å². The molecular formula is C20H28N2O5. The quantitative estimate of drug-likeness (QED) is 0.730. The molecule has 0 bridgehead atoms. The van der Waals surface area contributed by atoms with Gasteiger partial charge in [-0.1, -0.05) is 12.1 Å². The maximum absolute atomic E-state index is 12.4. The molecule has 1 atom stereocenters. The Balaban J connectivity index is 1.79. The Hall–Kier alpha value is -2.41. The van der Waals surface area contributed by atoms with Crippen LogP contribution in [0.3, 0.4) is 0 Å². The zero-order valence-corrected chi connectivity index (χ0v) is 16.2. The molecule has 1 aromatic carbocycles. The average Bonchev–Trinajstić information content (AvgIpc) is 2.71. The molecule has 27 heavy (non-hydrogen) atoms. The van der Waals surface area contributed by atoms with Gasteiger partial charge in [-0.25, -0.2) is 4.79 Å². The number of benzene rings is 1. The van der Waals surface area contributed by atoms with Crippen molar-refractivity contribution in [2.24, 2.45) is 5.92 Å². The van der Waals surface area contributed by atoms with Crippen LogP contribution in [0.25, 0.3) is 0 Å². The summed E-state index contributed by atoms with van der Waals surface area (Å²) in [7, 11) is 1.34. The van der Waals surface area contributed by atoms with Gasteiger partial charge >= 0.3 is 11.9 Å². The minimum atomic E-state index is -0.384. The van der Waals surface area contributed by atoms with Crippen molar-refractivity contribution in [3.63, 3.8) is 0 Å². The van der Waals surface area contributed by atoms with Crippen LogP contribution in [0.1, 0.15) is 42.6 Å². The number of ether oxygens (including phenoxy) is 2. The van der Waals surface area contributed by atoms with Gasteiger partial charge in [0.25, 0.3) is 0 Å². The maximum atomic E-state index is 12.4. The Labute approximate surface area is 160 Å². The van der Waals surface area contributed by atoms with Gasteiger partial charge in [0.15, 0.2) is 0 Å². The molecule has 1 unspecified atom stereocenters. The summed E-state index contributed by atoms with van der Waals surface area (Å²) < 4.78 is 9.74. The second-order valence-corrected chi connectivity index (χ2v) is 6.64. The molecule has 0 aromatic heterocycles. The molecule has 1 amide bonds. The highest BCUT2D eigenvalue weighted by molar-refractivity contribution is 5.89. The van der Waals surface area contributed by atoms with Gasteiger partial charge in [0.05, 0.1) is 31.2 Å². The van der Waals surface area contributed by atoms with Crippen LogP contribution < -0.4 is 5.32 Å². The van der Waals surface area contributed by atoms with Crippen LogP contribution in [0.2, 0.25) is 0 Å². The third-order valence-corrected chi connectivity index (χ3v) is 4.92. The second kappa shape index (κ2) is 10.1. The fourth-order valence-corrected chi connectivity index (χ4v) is 3.16. The van der Waals surface area contributed by atoms with Crippen LogP contribution in [0.4, 0.5) is 0 Å². The van der Waals surface area contributed by atoms with Gasteiger partial charge < -0.3 is 14.8 Å². The van der Waals surface area contributed by atoms with Crippen molar-refractivity contribution in [2.45, 2.75) is 39.3 Å². The molecule has 0 aliphatic carbocycles. The Morgan fingerprint density at radius 1 is 1.19 bits per heavy atom. The molecule has 7 heteroatoms. The van der Waals surface area contributed by atoms with Crippen molar-refractivity contribution in [1.29, 1.82) is 0 Å². The van der Waals surface area contributed by atoms with Crippen LogP contribution in [0, 0.1) is 5.92 Å². The lowest BCUT2D eigenvalue weighted by molar-refractivity contribution is -0.149. The zero-order chi connectivity index (χ0) is 19.8. The fourth-order valence-electron chi connectivity index (χ4n) is 3.16. The maximum Gasteiger partial charge on any atom is 0.337 e. The number of nitrogens with zero attached hydrogens (tertiary/aromatic N) is 1. The molecule has 0 saturated carbocycles. The molecule has 1 aliphatic heterocycles. The lowest BCUT2D eigenvalue weighted by Gasteiger charge is -2.34. The Morgan fingerprint density at radius 3 is 2.37 bits per heavy atom. The van der Waals surface area contributed by atoms with E-state index >= 15 is 0 Å². The summed E-state index contributed by atoms with van der Waals surface area (Å²) in [5.41, 5.74) is 1.38. The van der Waals surface area contributed by atoms with E-state index in [9.17, 15) is 14.4 Å². The highest BCUT2D eigenvalue weighted by Gasteiger charge is 2.30. The smallest absolute Gasteiger partial charge is 0.337 e. The van der Waals surface area contributed by atoms with E-state index in [1.54, 1.807) is 24.3 Å². The summed E-state index contributed by atoms with van der Waals surface area (Å²) in [5, 5.41) is 2.92. The second-order valence-electron chi connectivity index (χ2n) is 6.64. The van der Waals surface area contributed by atoms with Gasteiger partial charge in [-0.3, -0.25) is 14.5 Å². The molecule has 0 radical (unpaired) electrons. The number of hydrogen-bond donors (Lipinski definition) is 1. The van der Waals surface area contributed by atoms with E-state index in [4.69, 9.17) is 4.74 Å². The van der Waals surface area contributed by atoms with Gasteiger partial charge in [0.2, 0.25) is 5.91 Å². The van der Waals surface area contributed by atoms with E-state index in [1.165, 1.54) is 7.11 Å². The average molecular weight is 376 g/mol. The van der Waals surface area contributed by atoms with Crippen LogP contribution in [-0.2, 0) is 25.6 Å². The van der Waals surface area contributed by atoms with E-state index in [-0.39, 0.29) is 29.8 Å². The standard InChI is InChI=1S/C20H28N2O5/c1-4-27-20(25)17-9-11-22(12-10-17)14(2)18(23)21-13-15-5-7-16(8-6-15)19(24)26-3/h5-8,14,17H,4,9-13H2,1-3H3,(H,21,23). The van der Waals surface area contributed by atoms with Crippen LogP contribution in [0.15, 0.2) is 24.3 Å². The normalized spacial score (nSPS) is 16.4. The minimum absolute atomic E-state index is 0.0540. The predicted octanol–water partition coefficient (Wildman–Crippen LogP) is 1.75. The fraction of sp³-hybridized carbons (Fsp3) is 0.550. The number of methoxy groups -OCH3 is 1. The van der Waals surface area contributed by atoms with Crippen molar-refractivity contribution < 1.29 is 23.9 Å². The number of nitrogens with one attached hydrogen (secondary N) is 1. The summed E-state index contributed by atoms with van der Waals surface area (Å²) in [6.45, 7) is 5.88. The lowest BCUT2D eigenvalue weighted by Crippen LogP contribution is -2.48. The van der Waals surface area contributed by atoms with Crippen molar-refractivity contribution in [2.75, 3.05) is 26.8 Å². The molecule has 1 fully saturated rings. The first-order chi connectivity index (χ1) is 13.0. The Bertz CT molecular complexity index is 651. The first kappa shape index (κ1) is 20.9. The molecule has 1 N–H and O–H groups in total. The number of hydrogen-bond acceptors (Lipinski definition) is 6. The third-order valence-electron chi connectivity index (χ3n) is 4.92. The molecule has 1 saturated heterocycles. The van der Waals surface area contributed by atoms with Crippen LogP contribution in [0.5, 0.6) is 0 Å². The van der Waals surface area contributed by atoms with Crippen LogP contribution in [-0.4, -0.2) is 55.6 Å². The highest BCUT2D eigenvalue weighted by atomic mass is 16.5. The highest BCUT2D eigenvalue weighted by Crippen LogP contribution is 2.20. The van der Waals surface area contributed by atoms with Gasteiger partial charge in [-0.2, -0.15) is 0 Å². The number of carbonyl (C=O) groups excluding carboxylic acids is 3. The molecular weight excluding hydrogens is 348 g/mol. The minimum Gasteiger partial charge on any atom is -0.466 e. The van der Waals surface area contributed by atoms with Crippen molar-refractivity contribution in [1.82, 2.24) is 10.2 Å². The first-order valence-corrected chi connectivity index (χ1v) is 9.31. The third kappa shape index (κ3) is 5.79. The van der Waals surface area contributed by atoms with Gasteiger partial charge in [0, 0.05) is 6.54 Å². The van der Waals surface area contributed by atoms with Crippen molar-refractivity contribution in [3.05, 3.63) is 35.4 Å². The topological polar surface area (TPSA) is 84.9 Å². The van der Waals surface area contributed by atoms with Crippen molar-refractivity contribution >= 4 is 17.8 Å². The van der Waals surface area contributed by atoms with Crippen LogP contribution >= 0.6 is 0 Å². The molecule has 1 heterocycles. The number of piperidine rings is 1. The number of carbonyl (C=O) groups is 3. The lowest BCUT2D eigenvalue weighted by atomic mass is 9.96. The summed E-state index contributed by atoms with van der Waals surface area (Å²) in [5.74, 6) is -0.637. The van der Waals surface area contributed by atoms with E-state index in [0.29, 0.717) is 44.6 Å². The Morgan fingerprint density at radius 2 is 1.81 bits per heavy atom. The van der Waals surface area contributed by atoms with Gasteiger partial charge in [-0.05, 0) is 57.5 Å². The Kier molecular flexibility index (Phi) is 7.79. The number of rotatable bonds is 7. The number of amides is 1. The number of likely N-dealkylation sites (tertiary alicyclic amines) is 1. The first-order valence-electron chi connectivity index (χ1n) is 9.31. The number of esters is 2. The predicted molar refractivity (Wildman–Crippen MR) is 100 cm³/mol. The van der Waals surface area contributed by atoms with E-state index in [2.05, 4.69) is 15.0 Å². The zero-order valence-electron chi connectivity index (χ0n) is 16.2. The molecule has 2 rings (SSSR count).